The molecule has 9 nitrogen and oxygen atoms in total. The minimum absolute atomic E-state index is 0.0164. The van der Waals surface area contributed by atoms with E-state index in [0.29, 0.717) is 12.0 Å². The SMILES string of the molecule is Cc1ccc(NC(=O)Cn2nc(Cl)c(Cl)cc2=O)cc1S(=O)(=O)NCCc1ccccn1. The highest BCUT2D eigenvalue weighted by atomic mass is 35.5. The second kappa shape index (κ2) is 10.2. The summed E-state index contributed by atoms with van der Waals surface area (Å²) in [5.41, 5.74) is 0.924. The van der Waals surface area contributed by atoms with Crippen LogP contribution in [-0.4, -0.2) is 35.6 Å². The fourth-order valence-electron chi connectivity index (χ4n) is 2.80. The van der Waals surface area contributed by atoms with E-state index in [1.165, 1.54) is 6.07 Å². The number of pyridine rings is 1. The van der Waals surface area contributed by atoms with E-state index in [-0.39, 0.29) is 27.3 Å². The summed E-state index contributed by atoms with van der Waals surface area (Å²) in [4.78, 5) is 28.4. The van der Waals surface area contributed by atoms with Crippen LogP contribution in [-0.2, 0) is 27.8 Å². The zero-order chi connectivity index (χ0) is 23.3. The molecule has 2 heterocycles. The third-order valence-corrected chi connectivity index (χ3v) is 6.63. The first kappa shape index (κ1) is 23.9. The second-order valence-electron chi connectivity index (χ2n) is 6.78. The summed E-state index contributed by atoms with van der Waals surface area (Å²) >= 11 is 11.5. The Kier molecular flexibility index (Phi) is 7.62. The van der Waals surface area contributed by atoms with E-state index < -0.39 is 28.0 Å². The smallest absolute Gasteiger partial charge is 0.268 e. The van der Waals surface area contributed by atoms with E-state index >= 15 is 0 Å². The Morgan fingerprint density at radius 1 is 1.16 bits per heavy atom. The Morgan fingerprint density at radius 2 is 1.94 bits per heavy atom. The lowest BCUT2D eigenvalue weighted by molar-refractivity contribution is -0.117. The lowest BCUT2D eigenvalue weighted by Crippen LogP contribution is -2.29. The Hall–Kier alpha value is -2.79. The van der Waals surface area contributed by atoms with Crippen LogP contribution in [0, 0.1) is 6.92 Å². The summed E-state index contributed by atoms with van der Waals surface area (Å²) in [6, 6.07) is 11.0. The molecule has 3 rings (SSSR count). The van der Waals surface area contributed by atoms with Crippen molar-refractivity contribution in [1.29, 1.82) is 0 Å². The van der Waals surface area contributed by atoms with Gasteiger partial charge in [0, 0.05) is 36.6 Å². The van der Waals surface area contributed by atoms with Gasteiger partial charge in [-0.2, -0.15) is 5.10 Å². The van der Waals surface area contributed by atoms with Crippen LogP contribution < -0.4 is 15.6 Å². The summed E-state index contributed by atoms with van der Waals surface area (Å²) in [5.74, 6) is -0.590. The fourth-order valence-corrected chi connectivity index (χ4v) is 4.38. The molecule has 0 saturated carbocycles. The Morgan fingerprint density at radius 3 is 2.66 bits per heavy atom. The van der Waals surface area contributed by atoms with Crippen molar-refractivity contribution in [3.8, 4) is 0 Å². The van der Waals surface area contributed by atoms with Gasteiger partial charge in [0.05, 0.1) is 9.92 Å². The number of aryl methyl sites for hydroxylation is 1. The van der Waals surface area contributed by atoms with Crippen LogP contribution in [0.3, 0.4) is 0 Å². The van der Waals surface area contributed by atoms with Crippen LogP contribution in [0.25, 0.3) is 0 Å². The van der Waals surface area contributed by atoms with Crippen molar-refractivity contribution in [2.45, 2.75) is 24.8 Å². The molecule has 0 aliphatic heterocycles. The van der Waals surface area contributed by atoms with Crippen molar-refractivity contribution in [3.05, 3.63) is 80.4 Å². The number of hydrogen-bond donors (Lipinski definition) is 2. The van der Waals surface area contributed by atoms with E-state index in [0.717, 1.165) is 16.4 Å². The lowest BCUT2D eigenvalue weighted by atomic mass is 10.2. The fraction of sp³-hybridized carbons (Fsp3) is 0.200. The maximum Gasteiger partial charge on any atom is 0.268 e. The molecule has 0 spiro atoms. The number of carbonyl (C=O) groups is 1. The molecule has 32 heavy (non-hydrogen) atoms. The van der Waals surface area contributed by atoms with Crippen LogP contribution in [0.1, 0.15) is 11.3 Å². The Balaban J connectivity index is 1.70. The number of nitrogens with one attached hydrogen (secondary N) is 2. The molecule has 1 amide bonds. The first-order chi connectivity index (χ1) is 15.2. The van der Waals surface area contributed by atoms with Gasteiger partial charge in [0.1, 0.15) is 6.54 Å². The molecule has 0 unspecified atom stereocenters. The molecule has 0 atom stereocenters. The molecule has 0 aliphatic carbocycles. The number of aromatic nitrogens is 3. The second-order valence-corrected chi connectivity index (χ2v) is 9.28. The standard InChI is InChI=1S/C20H19Cl2N5O4S/c1-13-5-6-15(25-18(28)12-27-19(29)11-16(21)20(22)26-27)10-17(13)32(30,31)24-9-7-14-4-2-3-8-23-14/h2-6,8,10-11,24H,7,9,12H2,1H3,(H,25,28). The minimum atomic E-state index is -3.82. The third-order valence-electron chi connectivity index (χ3n) is 4.36. The predicted molar refractivity (Wildman–Crippen MR) is 121 cm³/mol. The molecule has 1 aromatic carbocycles. The number of nitrogens with zero attached hydrogens (tertiary/aromatic N) is 3. The molecule has 0 radical (unpaired) electrons. The zero-order valence-corrected chi connectivity index (χ0v) is 19.2. The van der Waals surface area contributed by atoms with E-state index in [1.54, 1.807) is 31.3 Å². The minimum Gasteiger partial charge on any atom is -0.324 e. The molecular weight excluding hydrogens is 477 g/mol. The number of halogens is 2. The quantitative estimate of drug-likeness (QED) is 0.494. The highest BCUT2D eigenvalue weighted by Crippen LogP contribution is 2.20. The van der Waals surface area contributed by atoms with E-state index in [2.05, 4.69) is 20.1 Å². The van der Waals surface area contributed by atoms with Gasteiger partial charge in [-0.05, 0) is 36.8 Å². The molecule has 3 aromatic rings. The molecule has 12 heteroatoms. The highest BCUT2D eigenvalue weighted by Gasteiger charge is 2.18. The van der Waals surface area contributed by atoms with Crippen LogP contribution in [0.2, 0.25) is 10.2 Å². The van der Waals surface area contributed by atoms with Crippen molar-refractivity contribution >= 4 is 44.8 Å². The molecular formula is C20H19Cl2N5O4S. The zero-order valence-electron chi connectivity index (χ0n) is 16.9. The molecule has 0 bridgehead atoms. The van der Waals surface area contributed by atoms with Gasteiger partial charge in [-0.25, -0.2) is 17.8 Å². The number of hydrogen-bond acceptors (Lipinski definition) is 6. The van der Waals surface area contributed by atoms with Gasteiger partial charge in [-0.1, -0.05) is 35.3 Å². The van der Waals surface area contributed by atoms with Crippen molar-refractivity contribution < 1.29 is 13.2 Å². The molecule has 168 valence electrons. The van der Waals surface area contributed by atoms with Crippen molar-refractivity contribution in [1.82, 2.24) is 19.5 Å². The summed E-state index contributed by atoms with van der Waals surface area (Å²) in [6.07, 6.45) is 2.07. The van der Waals surface area contributed by atoms with Crippen LogP contribution in [0.15, 0.2) is 58.4 Å². The average Bonchev–Trinajstić information content (AvgIpc) is 2.74. The molecule has 0 aliphatic rings. The van der Waals surface area contributed by atoms with E-state index in [1.807, 2.05) is 12.1 Å². The Labute approximate surface area is 194 Å². The molecule has 2 aromatic heterocycles. The average molecular weight is 496 g/mol. The predicted octanol–water partition coefficient (Wildman–Crippen LogP) is 2.41. The van der Waals surface area contributed by atoms with Gasteiger partial charge >= 0.3 is 0 Å². The molecule has 0 saturated heterocycles. The topological polar surface area (TPSA) is 123 Å². The van der Waals surface area contributed by atoms with Crippen molar-refractivity contribution in [2.75, 3.05) is 11.9 Å². The van der Waals surface area contributed by atoms with Crippen molar-refractivity contribution in [2.24, 2.45) is 0 Å². The van der Waals surface area contributed by atoms with E-state index in [4.69, 9.17) is 23.2 Å². The van der Waals surface area contributed by atoms with Gasteiger partial charge in [0.25, 0.3) is 5.56 Å². The first-order valence-electron chi connectivity index (χ1n) is 9.39. The maximum atomic E-state index is 12.8. The van der Waals surface area contributed by atoms with Gasteiger partial charge < -0.3 is 5.32 Å². The van der Waals surface area contributed by atoms with Gasteiger partial charge in [-0.15, -0.1) is 0 Å². The Bertz CT molecular complexity index is 1300. The number of amides is 1. The van der Waals surface area contributed by atoms with Crippen LogP contribution >= 0.6 is 23.2 Å². The number of anilines is 1. The number of carbonyl (C=O) groups excluding carboxylic acids is 1. The molecule has 2 N–H and O–H groups in total. The van der Waals surface area contributed by atoms with Gasteiger partial charge in [-0.3, -0.25) is 14.6 Å². The summed E-state index contributed by atoms with van der Waals surface area (Å²) in [5, 5.41) is 6.18. The summed E-state index contributed by atoms with van der Waals surface area (Å²) in [7, 11) is -3.82. The summed E-state index contributed by atoms with van der Waals surface area (Å²) < 4.78 is 28.9. The lowest BCUT2D eigenvalue weighted by Gasteiger charge is -2.12. The largest absolute Gasteiger partial charge is 0.324 e. The van der Waals surface area contributed by atoms with Crippen molar-refractivity contribution in [3.63, 3.8) is 0 Å². The monoisotopic (exact) mass is 495 g/mol. The highest BCUT2D eigenvalue weighted by molar-refractivity contribution is 7.89. The number of sulfonamides is 1. The van der Waals surface area contributed by atoms with E-state index in [9.17, 15) is 18.0 Å². The molecule has 0 fully saturated rings. The van der Waals surface area contributed by atoms with Gasteiger partial charge in [0.2, 0.25) is 15.9 Å². The third kappa shape index (κ3) is 6.13. The number of benzene rings is 1. The first-order valence-corrected chi connectivity index (χ1v) is 11.6. The maximum absolute atomic E-state index is 12.8. The number of rotatable bonds is 8. The van der Waals surface area contributed by atoms with Crippen LogP contribution in [0.5, 0.6) is 0 Å². The van der Waals surface area contributed by atoms with Crippen LogP contribution in [0.4, 0.5) is 5.69 Å². The van der Waals surface area contributed by atoms with Gasteiger partial charge in [0.15, 0.2) is 5.15 Å². The summed E-state index contributed by atoms with van der Waals surface area (Å²) in [6.45, 7) is 1.40. The normalized spacial score (nSPS) is 11.3.